The fourth-order valence-electron chi connectivity index (χ4n) is 2.70. The van der Waals surface area contributed by atoms with Gasteiger partial charge in [-0.05, 0) is 19.4 Å². The van der Waals surface area contributed by atoms with Gasteiger partial charge in [-0.1, -0.05) is 0 Å². The van der Waals surface area contributed by atoms with Crippen LogP contribution < -0.4 is 0 Å². The van der Waals surface area contributed by atoms with Gasteiger partial charge in [-0.25, -0.2) is 8.78 Å². The summed E-state index contributed by atoms with van der Waals surface area (Å²) in [6.45, 7) is 3.36. The number of aromatic nitrogens is 2. The Labute approximate surface area is 98.8 Å². The van der Waals surface area contributed by atoms with Gasteiger partial charge in [0.1, 0.15) is 0 Å². The zero-order valence-electron chi connectivity index (χ0n) is 9.83. The van der Waals surface area contributed by atoms with E-state index in [2.05, 4.69) is 5.10 Å². The monoisotopic (exact) mass is 242 g/mol. The van der Waals surface area contributed by atoms with E-state index in [1.54, 1.807) is 0 Å². The number of ether oxygens (including phenoxy) is 1. The van der Waals surface area contributed by atoms with E-state index in [1.807, 2.05) is 17.7 Å². The first-order chi connectivity index (χ1) is 8.05. The number of rotatable bonds is 2. The molecule has 2 fully saturated rings. The first kappa shape index (κ1) is 11.1. The fourth-order valence-corrected chi connectivity index (χ4v) is 2.70. The topological polar surface area (TPSA) is 27.1 Å². The fraction of sp³-hybridized carbons (Fsp3) is 0.750. The van der Waals surface area contributed by atoms with Gasteiger partial charge in [0.2, 0.25) is 0 Å². The molecule has 0 amide bonds. The van der Waals surface area contributed by atoms with Crippen LogP contribution in [0, 0.1) is 6.92 Å². The second-order valence-corrected chi connectivity index (χ2v) is 5.13. The molecule has 0 bridgehead atoms. The number of nitrogens with zero attached hydrogens (tertiary/aromatic N) is 2. The first-order valence-electron chi connectivity index (χ1n) is 6.07. The van der Waals surface area contributed by atoms with Crippen molar-refractivity contribution in [3.05, 3.63) is 17.5 Å². The van der Waals surface area contributed by atoms with Crippen molar-refractivity contribution in [3.63, 3.8) is 0 Å². The summed E-state index contributed by atoms with van der Waals surface area (Å²) in [6.07, 6.45) is 0.817. The minimum absolute atomic E-state index is 0.0747. The molecule has 94 valence electrons. The maximum Gasteiger partial charge on any atom is 0.252 e. The van der Waals surface area contributed by atoms with Crippen LogP contribution in [-0.2, 0) is 4.74 Å². The highest BCUT2D eigenvalue weighted by Crippen LogP contribution is 2.46. The second-order valence-electron chi connectivity index (χ2n) is 5.13. The third kappa shape index (κ3) is 1.97. The summed E-state index contributed by atoms with van der Waals surface area (Å²) < 4.78 is 33.0. The number of aryl methyl sites for hydroxylation is 1. The predicted octanol–water partition coefficient (Wildman–Crippen LogP) is 2.67. The Morgan fingerprint density at radius 1 is 1.47 bits per heavy atom. The number of hydrogen-bond acceptors (Lipinski definition) is 2. The summed E-state index contributed by atoms with van der Waals surface area (Å²) in [5.41, 5.74) is 1.97. The van der Waals surface area contributed by atoms with E-state index in [0.717, 1.165) is 24.4 Å². The SMILES string of the molecule is Cc1cc(C2CCOC2)n(C2CC(F)(F)C2)n1. The molecule has 3 rings (SSSR count). The minimum atomic E-state index is -2.49. The average molecular weight is 242 g/mol. The molecular weight excluding hydrogens is 226 g/mol. The molecular formula is C12H16F2N2O. The first-order valence-corrected chi connectivity index (χ1v) is 6.07. The van der Waals surface area contributed by atoms with Crippen LogP contribution >= 0.6 is 0 Å². The number of halogens is 2. The normalized spacial score (nSPS) is 28.3. The van der Waals surface area contributed by atoms with E-state index in [9.17, 15) is 8.78 Å². The van der Waals surface area contributed by atoms with Crippen molar-refractivity contribution >= 4 is 0 Å². The lowest BCUT2D eigenvalue weighted by molar-refractivity contribution is -0.107. The molecule has 1 aliphatic heterocycles. The molecule has 5 heteroatoms. The Kier molecular flexibility index (Phi) is 2.47. The molecule has 1 saturated heterocycles. The van der Waals surface area contributed by atoms with Gasteiger partial charge in [0.05, 0.1) is 18.3 Å². The van der Waals surface area contributed by atoms with Crippen LogP contribution in [0.5, 0.6) is 0 Å². The van der Waals surface area contributed by atoms with E-state index < -0.39 is 5.92 Å². The highest BCUT2D eigenvalue weighted by molar-refractivity contribution is 5.17. The molecule has 0 spiro atoms. The van der Waals surface area contributed by atoms with Gasteiger partial charge < -0.3 is 4.74 Å². The van der Waals surface area contributed by atoms with Crippen molar-refractivity contribution in [2.75, 3.05) is 13.2 Å². The third-order valence-corrected chi connectivity index (χ3v) is 3.65. The summed E-state index contributed by atoms with van der Waals surface area (Å²) in [4.78, 5) is 0. The van der Waals surface area contributed by atoms with Crippen LogP contribution in [0.25, 0.3) is 0 Å². The van der Waals surface area contributed by atoms with Gasteiger partial charge in [0, 0.05) is 31.1 Å². The Balaban J connectivity index is 1.84. The molecule has 3 nitrogen and oxygen atoms in total. The second kappa shape index (κ2) is 3.77. The van der Waals surface area contributed by atoms with E-state index in [-0.39, 0.29) is 18.9 Å². The molecule has 2 heterocycles. The van der Waals surface area contributed by atoms with Crippen LogP contribution in [-0.4, -0.2) is 28.9 Å². The number of hydrogen-bond donors (Lipinski definition) is 0. The van der Waals surface area contributed by atoms with E-state index >= 15 is 0 Å². The molecule has 1 aromatic rings. The largest absolute Gasteiger partial charge is 0.381 e. The van der Waals surface area contributed by atoms with Crippen LogP contribution in [0.1, 0.15) is 42.6 Å². The lowest BCUT2D eigenvalue weighted by atomic mass is 9.87. The lowest BCUT2D eigenvalue weighted by Gasteiger charge is -2.36. The van der Waals surface area contributed by atoms with Gasteiger partial charge >= 0.3 is 0 Å². The molecule has 0 N–H and O–H groups in total. The zero-order valence-corrected chi connectivity index (χ0v) is 9.83. The summed E-state index contributed by atoms with van der Waals surface area (Å²) in [6, 6.07) is 1.88. The highest BCUT2D eigenvalue weighted by atomic mass is 19.3. The van der Waals surface area contributed by atoms with Crippen LogP contribution in [0.15, 0.2) is 6.07 Å². The molecule has 1 aromatic heterocycles. The van der Waals surface area contributed by atoms with Crippen LogP contribution in [0.4, 0.5) is 8.78 Å². The molecule has 0 radical (unpaired) electrons. The summed E-state index contributed by atoms with van der Waals surface area (Å²) in [5, 5.41) is 4.37. The third-order valence-electron chi connectivity index (χ3n) is 3.65. The highest BCUT2D eigenvalue weighted by Gasteiger charge is 2.47. The Morgan fingerprint density at radius 3 is 2.82 bits per heavy atom. The van der Waals surface area contributed by atoms with Crippen molar-refractivity contribution in [3.8, 4) is 0 Å². The smallest absolute Gasteiger partial charge is 0.252 e. The maximum absolute atomic E-state index is 12.9. The van der Waals surface area contributed by atoms with Crippen molar-refractivity contribution in [1.82, 2.24) is 9.78 Å². The van der Waals surface area contributed by atoms with E-state index in [0.29, 0.717) is 12.5 Å². The van der Waals surface area contributed by atoms with Crippen molar-refractivity contribution in [2.45, 2.75) is 44.1 Å². The zero-order chi connectivity index (χ0) is 12.0. The van der Waals surface area contributed by atoms with Gasteiger partial charge in [-0.3, -0.25) is 4.68 Å². The van der Waals surface area contributed by atoms with Crippen molar-refractivity contribution in [1.29, 1.82) is 0 Å². The summed E-state index contributed by atoms with van der Waals surface area (Å²) in [5.74, 6) is -2.17. The van der Waals surface area contributed by atoms with Gasteiger partial charge in [0.15, 0.2) is 0 Å². The molecule has 2 aliphatic rings. The summed E-state index contributed by atoms with van der Waals surface area (Å²) in [7, 11) is 0. The Hall–Kier alpha value is -0.970. The van der Waals surface area contributed by atoms with E-state index in [4.69, 9.17) is 4.74 Å². The number of alkyl halides is 2. The lowest BCUT2D eigenvalue weighted by Crippen LogP contribution is -2.38. The molecule has 1 aliphatic carbocycles. The average Bonchev–Trinajstić information content (AvgIpc) is 2.81. The minimum Gasteiger partial charge on any atom is -0.381 e. The van der Waals surface area contributed by atoms with Crippen molar-refractivity contribution < 1.29 is 13.5 Å². The summed E-state index contributed by atoms with van der Waals surface area (Å²) >= 11 is 0. The van der Waals surface area contributed by atoms with Crippen LogP contribution in [0.2, 0.25) is 0 Å². The van der Waals surface area contributed by atoms with Gasteiger partial charge in [-0.2, -0.15) is 5.10 Å². The maximum atomic E-state index is 12.9. The standard InChI is InChI=1S/C12H16F2N2O/c1-8-4-11(9-2-3-17-7-9)16(15-8)10-5-12(13,14)6-10/h4,9-10H,2-3,5-7H2,1H3. The quantitative estimate of drug-likeness (QED) is 0.797. The molecule has 1 unspecified atom stereocenters. The van der Waals surface area contributed by atoms with Gasteiger partial charge in [0.25, 0.3) is 5.92 Å². The molecule has 0 aromatic carbocycles. The molecule has 1 saturated carbocycles. The molecule has 17 heavy (non-hydrogen) atoms. The van der Waals surface area contributed by atoms with E-state index in [1.165, 1.54) is 0 Å². The predicted molar refractivity (Wildman–Crippen MR) is 58.4 cm³/mol. The van der Waals surface area contributed by atoms with Crippen LogP contribution in [0.3, 0.4) is 0 Å². The Bertz CT molecular complexity index is 416. The Morgan fingerprint density at radius 2 is 2.24 bits per heavy atom. The van der Waals surface area contributed by atoms with Crippen molar-refractivity contribution in [2.24, 2.45) is 0 Å². The van der Waals surface area contributed by atoms with Gasteiger partial charge in [-0.15, -0.1) is 0 Å². The molecule has 1 atom stereocenters.